The van der Waals surface area contributed by atoms with Gasteiger partial charge in [-0.15, -0.1) is 0 Å². The van der Waals surface area contributed by atoms with Gasteiger partial charge in [-0.25, -0.2) is 4.79 Å². The number of likely N-dealkylation sites (tertiary alicyclic amines) is 1. The number of halogens is 1. The van der Waals surface area contributed by atoms with Crippen molar-refractivity contribution in [1.29, 1.82) is 0 Å². The first-order chi connectivity index (χ1) is 11.3. The molecule has 1 saturated heterocycles. The van der Waals surface area contributed by atoms with Gasteiger partial charge in [0.1, 0.15) is 11.2 Å². The van der Waals surface area contributed by atoms with Crippen molar-refractivity contribution in [2.75, 3.05) is 13.1 Å². The van der Waals surface area contributed by atoms with Gasteiger partial charge in [0.15, 0.2) is 0 Å². The number of amides is 1. The van der Waals surface area contributed by atoms with E-state index in [-0.39, 0.29) is 11.7 Å². The van der Waals surface area contributed by atoms with Crippen molar-refractivity contribution < 1.29 is 14.4 Å². The molecule has 2 heterocycles. The predicted molar refractivity (Wildman–Crippen MR) is 93.4 cm³/mol. The Hall–Kier alpha value is -1.72. The molecule has 1 amide bonds. The van der Waals surface area contributed by atoms with Crippen LogP contribution in [0.2, 0.25) is 5.02 Å². The summed E-state index contributed by atoms with van der Waals surface area (Å²) in [6.07, 6.45) is 3.32. The van der Waals surface area contributed by atoms with Gasteiger partial charge in [0.2, 0.25) is 0 Å². The molecule has 6 heteroatoms. The van der Waals surface area contributed by atoms with Crippen molar-refractivity contribution in [3.63, 3.8) is 0 Å². The van der Waals surface area contributed by atoms with Crippen LogP contribution in [-0.4, -0.2) is 35.3 Å². The molecule has 0 aliphatic carbocycles. The van der Waals surface area contributed by atoms with Crippen LogP contribution in [0.1, 0.15) is 39.2 Å². The molecule has 0 aromatic heterocycles. The fourth-order valence-corrected chi connectivity index (χ4v) is 3.02. The normalized spacial score (nSPS) is 19.8. The van der Waals surface area contributed by atoms with Crippen LogP contribution in [0.25, 0.3) is 5.70 Å². The van der Waals surface area contributed by atoms with Crippen molar-refractivity contribution in [1.82, 2.24) is 10.4 Å². The zero-order valence-corrected chi connectivity index (χ0v) is 15.0. The first-order valence-corrected chi connectivity index (χ1v) is 8.55. The maximum Gasteiger partial charge on any atom is 0.410 e. The van der Waals surface area contributed by atoms with Crippen LogP contribution in [-0.2, 0) is 9.57 Å². The summed E-state index contributed by atoms with van der Waals surface area (Å²) in [5.41, 5.74) is 4.15. The van der Waals surface area contributed by atoms with E-state index in [1.807, 2.05) is 45.0 Å². The topological polar surface area (TPSA) is 50.8 Å². The second-order valence-corrected chi connectivity index (χ2v) is 7.74. The number of hydrogen-bond donors (Lipinski definition) is 1. The van der Waals surface area contributed by atoms with Crippen LogP contribution in [0.3, 0.4) is 0 Å². The molecular formula is C18H23ClN2O3. The Kier molecular flexibility index (Phi) is 4.49. The third-order valence-electron chi connectivity index (χ3n) is 4.19. The number of rotatable bonds is 1. The summed E-state index contributed by atoms with van der Waals surface area (Å²) >= 11 is 5.93. The lowest BCUT2D eigenvalue weighted by Gasteiger charge is -2.37. The number of ether oxygens (including phenoxy) is 1. The molecule has 1 N–H and O–H groups in total. The fourth-order valence-electron chi connectivity index (χ4n) is 2.89. The van der Waals surface area contributed by atoms with Crippen LogP contribution in [0.5, 0.6) is 0 Å². The molecule has 2 aliphatic rings. The summed E-state index contributed by atoms with van der Waals surface area (Å²) in [7, 11) is 0. The lowest BCUT2D eigenvalue weighted by Crippen LogP contribution is -2.48. The number of carbonyl (C=O) groups excluding carboxylic acids is 1. The minimum absolute atomic E-state index is 0.259. The number of nitrogens with one attached hydrogen (secondary N) is 1. The number of benzene rings is 1. The highest BCUT2D eigenvalue weighted by atomic mass is 35.5. The van der Waals surface area contributed by atoms with E-state index in [4.69, 9.17) is 21.2 Å². The van der Waals surface area contributed by atoms with E-state index in [0.29, 0.717) is 18.1 Å². The number of carbonyl (C=O) groups is 1. The van der Waals surface area contributed by atoms with Crippen LogP contribution < -0.4 is 5.48 Å². The van der Waals surface area contributed by atoms with Crippen molar-refractivity contribution in [2.45, 2.75) is 44.8 Å². The molecule has 3 rings (SSSR count). The predicted octanol–water partition coefficient (Wildman–Crippen LogP) is 3.99. The van der Waals surface area contributed by atoms with Crippen molar-refractivity contribution >= 4 is 23.4 Å². The van der Waals surface area contributed by atoms with Crippen molar-refractivity contribution in [3.8, 4) is 0 Å². The Morgan fingerprint density at radius 3 is 2.46 bits per heavy atom. The molecule has 5 nitrogen and oxygen atoms in total. The zero-order chi connectivity index (χ0) is 17.4. The maximum atomic E-state index is 12.2. The lowest BCUT2D eigenvalue weighted by atomic mass is 9.90. The van der Waals surface area contributed by atoms with E-state index in [1.165, 1.54) is 0 Å². The second-order valence-electron chi connectivity index (χ2n) is 7.30. The van der Waals surface area contributed by atoms with Gasteiger partial charge in [-0.3, -0.25) is 10.3 Å². The molecule has 0 radical (unpaired) electrons. The molecule has 1 fully saturated rings. The first-order valence-electron chi connectivity index (χ1n) is 8.17. The van der Waals surface area contributed by atoms with E-state index in [1.54, 1.807) is 4.90 Å². The highest BCUT2D eigenvalue weighted by Gasteiger charge is 2.40. The summed E-state index contributed by atoms with van der Waals surface area (Å²) in [4.78, 5) is 19.8. The van der Waals surface area contributed by atoms with Gasteiger partial charge in [0, 0.05) is 31.0 Å². The van der Waals surface area contributed by atoms with Crippen LogP contribution in [0.4, 0.5) is 4.79 Å². The van der Waals surface area contributed by atoms with E-state index in [0.717, 1.165) is 24.1 Å². The monoisotopic (exact) mass is 350 g/mol. The van der Waals surface area contributed by atoms with Gasteiger partial charge in [0.25, 0.3) is 0 Å². The third-order valence-corrected chi connectivity index (χ3v) is 4.44. The zero-order valence-electron chi connectivity index (χ0n) is 14.3. The Morgan fingerprint density at radius 1 is 1.25 bits per heavy atom. The second kappa shape index (κ2) is 6.30. The maximum absolute atomic E-state index is 12.2. The standard InChI is InChI=1S/C18H23ClN2O3/c1-17(2,3)23-16(22)21-10-8-18(9-11-21)12-15(20-24-18)13-4-6-14(19)7-5-13/h4-7,12,20H,8-11H2,1-3H3. The summed E-state index contributed by atoms with van der Waals surface area (Å²) in [5.74, 6) is 0. The number of nitrogens with zero attached hydrogens (tertiary/aromatic N) is 1. The molecular weight excluding hydrogens is 328 g/mol. The smallest absolute Gasteiger partial charge is 0.410 e. The van der Waals surface area contributed by atoms with Gasteiger partial charge in [-0.1, -0.05) is 23.7 Å². The summed E-state index contributed by atoms with van der Waals surface area (Å²) in [6.45, 7) is 6.85. The van der Waals surface area contributed by atoms with Crippen molar-refractivity contribution in [2.24, 2.45) is 0 Å². The van der Waals surface area contributed by atoms with Gasteiger partial charge >= 0.3 is 6.09 Å². The SMILES string of the molecule is CC(C)(C)OC(=O)N1CCC2(C=C(c3ccc(Cl)cc3)NO2)CC1. The molecule has 24 heavy (non-hydrogen) atoms. The van der Waals surface area contributed by atoms with Gasteiger partial charge in [0.05, 0.1) is 5.70 Å². The minimum atomic E-state index is -0.473. The highest BCUT2D eigenvalue weighted by molar-refractivity contribution is 6.30. The average Bonchev–Trinajstić information content (AvgIpc) is 2.91. The van der Waals surface area contributed by atoms with Crippen LogP contribution >= 0.6 is 11.6 Å². The molecule has 0 bridgehead atoms. The van der Waals surface area contributed by atoms with Gasteiger partial charge in [-0.2, -0.15) is 0 Å². The third kappa shape index (κ3) is 3.84. The van der Waals surface area contributed by atoms with E-state index >= 15 is 0 Å². The minimum Gasteiger partial charge on any atom is -0.444 e. The molecule has 130 valence electrons. The molecule has 0 unspecified atom stereocenters. The van der Waals surface area contributed by atoms with Crippen LogP contribution in [0.15, 0.2) is 30.3 Å². The molecule has 2 aliphatic heterocycles. The average molecular weight is 351 g/mol. The highest BCUT2D eigenvalue weighted by Crippen LogP contribution is 2.35. The summed E-state index contributed by atoms with van der Waals surface area (Å²) in [5, 5.41) is 0.707. The van der Waals surface area contributed by atoms with E-state index in [2.05, 4.69) is 11.6 Å². The molecule has 1 aromatic carbocycles. The number of hydroxylamine groups is 1. The summed E-state index contributed by atoms with van der Waals surface area (Å²) in [6, 6.07) is 7.63. The lowest BCUT2D eigenvalue weighted by molar-refractivity contribution is -0.0708. The Labute approximate surface area is 147 Å². The first kappa shape index (κ1) is 17.1. The van der Waals surface area contributed by atoms with Gasteiger partial charge in [-0.05, 0) is 44.5 Å². The van der Waals surface area contributed by atoms with Crippen molar-refractivity contribution in [3.05, 3.63) is 40.9 Å². The molecule has 0 saturated carbocycles. The molecule has 1 aromatic rings. The quantitative estimate of drug-likeness (QED) is 0.832. The van der Waals surface area contributed by atoms with Gasteiger partial charge < -0.3 is 9.64 Å². The number of piperidine rings is 1. The molecule has 1 spiro atoms. The Balaban J connectivity index is 1.64. The summed E-state index contributed by atoms with van der Waals surface area (Å²) < 4.78 is 5.43. The number of hydrogen-bond acceptors (Lipinski definition) is 4. The fraction of sp³-hybridized carbons (Fsp3) is 0.500. The van der Waals surface area contributed by atoms with Crippen LogP contribution in [0, 0.1) is 0 Å². The van der Waals surface area contributed by atoms with E-state index in [9.17, 15) is 4.79 Å². The largest absolute Gasteiger partial charge is 0.444 e. The Bertz CT molecular complexity index is 641. The molecule has 0 atom stereocenters. The Morgan fingerprint density at radius 2 is 1.88 bits per heavy atom. The van der Waals surface area contributed by atoms with E-state index < -0.39 is 5.60 Å².